The number of anilines is 1. The minimum absolute atomic E-state index is 0.0517. The van der Waals surface area contributed by atoms with Gasteiger partial charge in [0.15, 0.2) is 6.61 Å². The van der Waals surface area contributed by atoms with Gasteiger partial charge in [-0.05, 0) is 43.2 Å². The zero-order valence-corrected chi connectivity index (χ0v) is 15.9. The highest BCUT2D eigenvalue weighted by Gasteiger charge is 2.21. The van der Waals surface area contributed by atoms with Crippen molar-refractivity contribution in [3.63, 3.8) is 0 Å². The number of methoxy groups -OCH3 is 1. The Hall–Kier alpha value is -3.29. The molecule has 1 aliphatic rings. The van der Waals surface area contributed by atoms with Gasteiger partial charge in [0.1, 0.15) is 17.2 Å². The lowest BCUT2D eigenvalue weighted by Gasteiger charge is -2.16. The van der Waals surface area contributed by atoms with Crippen LogP contribution in [0.4, 0.5) is 5.69 Å². The lowest BCUT2D eigenvalue weighted by molar-refractivity contribution is -0.118. The summed E-state index contributed by atoms with van der Waals surface area (Å²) in [6.45, 7) is 1.15. The number of aromatic nitrogens is 1. The van der Waals surface area contributed by atoms with Crippen molar-refractivity contribution >= 4 is 17.5 Å². The molecule has 0 saturated carbocycles. The first kappa shape index (κ1) is 19.5. The smallest absolute Gasteiger partial charge is 0.274 e. The SMILES string of the molecule is COc1ccc(OCC(=O)Nc2cc(C(=O)N3CCCC3)cn(C)c2=O)cc1. The van der Waals surface area contributed by atoms with E-state index in [4.69, 9.17) is 9.47 Å². The van der Waals surface area contributed by atoms with Crippen molar-refractivity contribution in [2.24, 2.45) is 7.05 Å². The van der Waals surface area contributed by atoms with E-state index in [1.165, 1.54) is 16.8 Å². The molecule has 1 aromatic heterocycles. The summed E-state index contributed by atoms with van der Waals surface area (Å²) in [5, 5.41) is 2.54. The molecular formula is C20H23N3O5. The highest BCUT2D eigenvalue weighted by molar-refractivity contribution is 5.97. The summed E-state index contributed by atoms with van der Waals surface area (Å²) in [6, 6.07) is 8.22. The molecule has 8 nitrogen and oxygen atoms in total. The van der Waals surface area contributed by atoms with Gasteiger partial charge in [-0.1, -0.05) is 0 Å². The largest absolute Gasteiger partial charge is 0.497 e. The van der Waals surface area contributed by atoms with Crippen molar-refractivity contribution in [2.45, 2.75) is 12.8 Å². The van der Waals surface area contributed by atoms with E-state index in [0.717, 1.165) is 12.8 Å². The number of amides is 2. The summed E-state index contributed by atoms with van der Waals surface area (Å²) >= 11 is 0. The minimum Gasteiger partial charge on any atom is -0.497 e. The van der Waals surface area contributed by atoms with Gasteiger partial charge in [-0.3, -0.25) is 14.4 Å². The second-order valence-electron chi connectivity index (χ2n) is 6.57. The van der Waals surface area contributed by atoms with E-state index in [-0.39, 0.29) is 18.2 Å². The maximum Gasteiger partial charge on any atom is 0.274 e. The predicted octanol–water partition coefficient (Wildman–Crippen LogP) is 1.65. The van der Waals surface area contributed by atoms with Crippen molar-refractivity contribution in [3.05, 3.63) is 52.4 Å². The minimum atomic E-state index is -0.487. The topological polar surface area (TPSA) is 89.9 Å². The first-order chi connectivity index (χ1) is 13.5. The predicted molar refractivity (Wildman–Crippen MR) is 104 cm³/mol. The van der Waals surface area contributed by atoms with Gasteiger partial charge in [-0.15, -0.1) is 0 Å². The molecule has 0 aliphatic carbocycles. The first-order valence-corrected chi connectivity index (χ1v) is 9.04. The highest BCUT2D eigenvalue weighted by atomic mass is 16.5. The van der Waals surface area contributed by atoms with Crippen LogP contribution in [0.2, 0.25) is 0 Å². The molecule has 0 spiro atoms. The molecule has 1 aromatic carbocycles. The van der Waals surface area contributed by atoms with Gasteiger partial charge in [0.25, 0.3) is 17.4 Å². The lowest BCUT2D eigenvalue weighted by atomic mass is 10.2. The number of carbonyl (C=O) groups excluding carboxylic acids is 2. The summed E-state index contributed by atoms with van der Waals surface area (Å²) < 4.78 is 11.8. The van der Waals surface area contributed by atoms with Crippen LogP contribution >= 0.6 is 0 Å². The normalized spacial score (nSPS) is 13.3. The third-order valence-corrected chi connectivity index (χ3v) is 4.53. The number of aryl methyl sites for hydroxylation is 1. The fourth-order valence-corrected chi connectivity index (χ4v) is 3.03. The Labute approximate surface area is 162 Å². The molecule has 2 heterocycles. The maximum atomic E-state index is 12.6. The van der Waals surface area contributed by atoms with Gasteiger partial charge in [-0.25, -0.2) is 0 Å². The van der Waals surface area contributed by atoms with Crippen LogP contribution in [0, 0.1) is 0 Å². The molecule has 2 amide bonds. The van der Waals surface area contributed by atoms with Crippen LogP contribution in [0.5, 0.6) is 11.5 Å². The maximum absolute atomic E-state index is 12.6. The summed E-state index contributed by atoms with van der Waals surface area (Å²) in [5.74, 6) is 0.554. The molecule has 8 heteroatoms. The standard InChI is InChI=1S/C20H23N3O5/c1-22-12-14(19(25)23-9-3-4-10-23)11-17(20(22)26)21-18(24)13-28-16-7-5-15(27-2)6-8-16/h5-8,11-12H,3-4,9-10,13H2,1-2H3,(H,21,24). The van der Waals surface area contributed by atoms with Gasteiger partial charge >= 0.3 is 0 Å². The number of nitrogens with one attached hydrogen (secondary N) is 1. The molecule has 28 heavy (non-hydrogen) atoms. The Morgan fingerprint density at radius 3 is 2.39 bits per heavy atom. The Bertz CT molecular complexity index is 914. The molecule has 1 fully saturated rings. The molecule has 0 atom stereocenters. The number of carbonyl (C=O) groups is 2. The van der Waals surface area contributed by atoms with E-state index in [2.05, 4.69) is 5.32 Å². The van der Waals surface area contributed by atoms with Gasteiger partial charge in [0.05, 0.1) is 12.7 Å². The summed E-state index contributed by atoms with van der Waals surface area (Å²) in [6.07, 6.45) is 3.44. The second kappa shape index (κ2) is 8.60. The molecule has 1 N–H and O–H groups in total. The van der Waals surface area contributed by atoms with Gasteiger partial charge in [0, 0.05) is 26.3 Å². The Morgan fingerprint density at radius 1 is 1.11 bits per heavy atom. The molecule has 0 radical (unpaired) electrons. The average Bonchev–Trinajstić information content (AvgIpc) is 3.24. The van der Waals surface area contributed by atoms with E-state index in [1.807, 2.05) is 0 Å². The van der Waals surface area contributed by atoms with Crippen LogP contribution in [0.25, 0.3) is 0 Å². The van der Waals surface area contributed by atoms with E-state index in [9.17, 15) is 14.4 Å². The van der Waals surface area contributed by atoms with E-state index in [1.54, 1.807) is 43.3 Å². The number of rotatable bonds is 6. The van der Waals surface area contributed by atoms with Crippen molar-refractivity contribution < 1.29 is 19.1 Å². The van der Waals surface area contributed by atoms with Crippen LogP contribution < -0.4 is 20.3 Å². The molecule has 0 unspecified atom stereocenters. The number of benzene rings is 1. The monoisotopic (exact) mass is 385 g/mol. The fraction of sp³-hybridized carbons (Fsp3) is 0.350. The number of nitrogens with zero attached hydrogens (tertiary/aromatic N) is 2. The summed E-state index contributed by atoms with van der Waals surface area (Å²) in [4.78, 5) is 38.8. The first-order valence-electron chi connectivity index (χ1n) is 9.04. The number of pyridine rings is 1. The Kier molecular flexibility index (Phi) is 5.98. The van der Waals surface area contributed by atoms with Crippen LogP contribution in [-0.2, 0) is 11.8 Å². The zero-order valence-electron chi connectivity index (χ0n) is 15.9. The van der Waals surface area contributed by atoms with Crippen LogP contribution in [0.3, 0.4) is 0 Å². The number of ether oxygens (including phenoxy) is 2. The lowest BCUT2D eigenvalue weighted by Crippen LogP contribution is -2.31. The summed E-state index contributed by atoms with van der Waals surface area (Å²) in [5.41, 5.74) is 0.0296. The van der Waals surface area contributed by atoms with Gasteiger partial charge in [-0.2, -0.15) is 0 Å². The molecular weight excluding hydrogens is 362 g/mol. The highest BCUT2D eigenvalue weighted by Crippen LogP contribution is 2.17. The van der Waals surface area contributed by atoms with Crippen LogP contribution in [0.15, 0.2) is 41.3 Å². The number of hydrogen-bond donors (Lipinski definition) is 1. The summed E-state index contributed by atoms with van der Waals surface area (Å²) in [7, 11) is 3.11. The van der Waals surface area contributed by atoms with Crippen molar-refractivity contribution in [1.82, 2.24) is 9.47 Å². The van der Waals surface area contributed by atoms with Crippen molar-refractivity contribution in [2.75, 3.05) is 32.1 Å². The van der Waals surface area contributed by atoms with Gasteiger partial charge in [0.2, 0.25) is 0 Å². The molecule has 3 rings (SSSR count). The van der Waals surface area contributed by atoms with Crippen LogP contribution in [-0.4, -0.2) is 48.1 Å². The molecule has 0 bridgehead atoms. The zero-order chi connectivity index (χ0) is 20.1. The average molecular weight is 385 g/mol. The van der Waals surface area contributed by atoms with Crippen molar-refractivity contribution in [1.29, 1.82) is 0 Å². The third-order valence-electron chi connectivity index (χ3n) is 4.53. The molecule has 2 aromatic rings. The fourth-order valence-electron chi connectivity index (χ4n) is 3.03. The van der Waals surface area contributed by atoms with E-state index >= 15 is 0 Å². The Morgan fingerprint density at radius 2 is 1.75 bits per heavy atom. The van der Waals surface area contributed by atoms with E-state index in [0.29, 0.717) is 30.2 Å². The molecule has 148 valence electrons. The number of likely N-dealkylation sites (tertiary alicyclic amines) is 1. The number of hydrogen-bond acceptors (Lipinski definition) is 5. The van der Waals surface area contributed by atoms with E-state index < -0.39 is 11.5 Å². The third kappa shape index (κ3) is 4.51. The Balaban J connectivity index is 1.67. The van der Waals surface area contributed by atoms with Gasteiger partial charge < -0.3 is 24.3 Å². The van der Waals surface area contributed by atoms with Crippen LogP contribution in [0.1, 0.15) is 23.2 Å². The quantitative estimate of drug-likeness (QED) is 0.817. The van der Waals surface area contributed by atoms with Crippen molar-refractivity contribution in [3.8, 4) is 11.5 Å². The molecule has 1 aliphatic heterocycles. The molecule has 1 saturated heterocycles. The second-order valence-corrected chi connectivity index (χ2v) is 6.57.